The van der Waals surface area contributed by atoms with Crippen LogP contribution in [0.25, 0.3) is 0 Å². The smallest absolute Gasteiger partial charge is 0.273 e. The molecule has 1 fully saturated rings. The lowest BCUT2D eigenvalue weighted by atomic mass is 10.1. The van der Waals surface area contributed by atoms with Crippen LogP contribution in [0.4, 0.5) is 0 Å². The van der Waals surface area contributed by atoms with E-state index in [2.05, 4.69) is 20.1 Å². The summed E-state index contributed by atoms with van der Waals surface area (Å²) in [6.07, 6.45) is 2.08. The van der Waals surface area contributed by atoms with Gasteiger partial charge in [0, 0.05) is 44.8 Å². The van der Waals surface area contributed by atoms with Crippen LogP contribution in [0, 0.1) is 0 Å². The molecule has 2 N–H and O–H groups in total. The minimum Gasteiger partial charge on any atom is -0.504 e. The van der Waals surface area contributed by atoms with Crippen LogP contribution in [0.3, 0.4) is 0 Å². The Kier molecular flexibility index (Phi) is 8.23. The van der Waals surface area contributed by atoms with Gasteiger partial charge in [-0.25, -0.2) is 4.98 Å². The summed E-state index contributed by atoms with van der Waals surface area (Å²) in [4.78, 5) is 21.4. The summed E-state index contributed by atoms with van der Waals surface area (Å²) < 4.78 is 16.1. The molecule has 9 nitrogen and oxygen atoms in total. The first-order valence-electron chi connectivity index (χ1n) is 11.7. The molecule has 0 spiro atoms. The van der Waals surface area contributed by atoms with Crippen molar-refractivity contribution >= 4 is 5.91 Å². The number of piperazine rings is 1. The molecule has 0 unspecified atom stereocenters. The van der Waals surface area contributed by atoms with E-state index in [4.69, 9.17) is 13.9 Å². The van der Waals surface area contributed by atoms with Crippen LogP contribution in [0.1, 0.15) is 27.5 Å². The molecular formula is C26H32N4O5. The van der Waals surface area contributed by atoms with Crippen molar-refractivity contribution in [3.05, 3.63) is 71.4 Å². The molecule has 0 atom stereocenters. The molecule has 1 aliphatic heterocycles. The molecule has 0 bridgehead atoms. The van der Waals surface area contributed by atoms with Crippen LogP contribution in [0.5, 0.6) is 17.2 Å². The summed E-state index contributed by atoms with van der Waals surface area (Å²) in [5.41, 5.74) is 2.18. The van der Waals surface area contributed by atoms with Gasteiger partial charge >= 0.3 is 0 Å². The van der Waals surface area contributed by atoms with Crippen LogP contribution in [-0.4, -0.2) is 72.7 Å². The Labute approximate surface area is 205 Å². The van der Waals surface area contributed by atoms with Crippen LogP contribution < -0.4 is 14.8 Å². The van der Waals surface area contributed by atoms with Crippen LogP contribution in [0.2, 0.25) is 0 Å². The third-order valence-electron chi connectivity index (χ3n) is 6.18. The number of amides is 1. The summed E-state index contributed by atoms with van der Waals surface area (Å²) in [7, 11) is 3.19. The monoisotopic (exact) mass is 480 g/mol. The number of nitrogens with zero attached hydrogens (tertiary/aromatic N) is 3. The topological polar surface area (TPSA) is 100 Å². The number of phenolic OH excluding ortho intramolecular Hbond substituents is 1. The fourth-order valence-corrected chi connectivity index (χ4v) is 4.20. The zero-order valence-electron chi connectivity index (χ0n) is 20.2. The second-order valence-corrected chi connectivity index (χ2v) is 8.46. The SMILES string of the molecule is COc1ccccc1CCNC(=O)c1coc(CN2CCN(Cc3cccc(OC)c3O)CC2)n1. The third kappa shape index (κ3) is 6.32. The number of carbonyl (C=O) groups is 1. The molecule has 2 heterocycles. The number of aromatic hydroxyl groups is 1. The van der Waals surface area contributed by atoms with Crippen molar-refractivity contribution < 1.29 is 23.8 Å². The highest BCUT2D eigenvalue weighted by Crippen LogP contribution is 2.30. The molecule has 1 aromatic heterocycles. The van der Waals surface area contributed by atoms with Gasteiger partial charge in [0.05, 0.1) is 20.8 Å². The number of para-hydroxylation sites is 2. The van der Waals surface area contributed by atoms with E-state index >= 15 is 0 Å². The van der Waals surface area contributed by atoms with Crippen molar-refractivity contribution in [3.63, 3.8) is 0 Å². The molecule has 4 rings (SSSR count). The van der Waals surface area contributed by atoms with E-state index in [9.17, 15) is 9.90 Å². The van der Waals surface area contributed by atoms with Crippen molar-refractivity contribution in [2.24, 2.45) is 0 Å². The molecule has 1 aliphatic rings. The Morgan fingerprint density at radius 1 is 0.971 bits per heavy atom. The third-order valence-corrected chi connectivity index (χ3v) is 6.18. The number of phenols is 1. The second kappa shape index (κ2) is 11.7. The highest BCUT2D eigenvalue weighted by Gasteiger charge is 2.21. The van der Waals surface area contributed by atoms with E-state index in [1.54, 1.807) is 20.3 Å². The van der Waals surface area contributed by atoms with Crippen molar-refractivity contribution in [1.82, 2.24) is 20.1 Å². The molecule has 1 saturated heterocycles. The highest BCUT2D eigenvalue weighted by molar-refractivity contribution is 5.91. The van der Waals surface area contributed by atoms with Gasteiger partial charge in [-0.2, -0.15) is 0 Å². The number of ether oxygens (including phenoxy) is 2. The number of oxazole rings is 1. The van der Waals surface area contributed by atoms with E-state index in [1.807, 2.05) is 36.4 Å². The number of benzene rings is 2. The zero-order valence-corrected chi connectivity index (χ0v) is 20.2. The van der Waals surface area contributed by atoms with Crippen molar-refractivity contribution in [1.29, 1.82) is 0 Å². The quantitative estimate of drug-likeness (QED) is 0.457. The van der Waals surface area contributed by atoms with Gasteiger partial charge in [0.1, 0.15) is 12.0 Å². The maximum absolute atomic E-state index is 12.5. The lowest BCUT2D eigenvalue weighted by Crippen LogP contribution is -2.45. The van der Waals surface area contributed by atoms with Gasteiger partial charge in [-0.1, -0.05) is 30.3 Å². The summed E-state index contributed by atoms with van der Waals surface area (Å²) in [5, 5.41) is 13.2. The van der Waals surface area contributed by atoms with Gasteiger partial charge in [-0.05, 0) is 24.1 Å². The van der Waals surface area contributed by atoms with Crippen molar-refractivity contribution in [3.8, 4) is 17.2 Å². The number of hydrogen-bond donors (Lipinski definition) is 2. The minimum absolute atomic E-state index is 0.200. The first kappa shape index (κ1) is 24.6. The number of nitrogens with one attached hydrogen (secondary N) is 1. The van der Waals surface area contributed by atoms with E-state index in [1.165, 1.54) is 6.26 Å². The number of carbonyl (C=O) groups excluding carboxylic acids is 1. The Bertz CT molecular complexity index is 1120. The summed E-state index contributed by atoms with van der Waals surface area (Å²) in [6, 6.07) is 13.3. The molecular weight excluding hydrogens is 448 g/mol. The van der Waals surface area contributed by atoms with Crippen LogP contribution >= 0.6 is 0 Å². The molecule has 35 heavy (non-hydrogen) atoms. The molecule has 0 saturated carbocycles. The van der Waals surface area contributed by atoms with E-state index in [0.717, 1.165) is 43.1 Å². The normalized spacial score (nSPS) is 14.6. The second-order valence-electron chi connectivity index (χ2n) is 8.46. The Hall–Kier alpha value is -3.56. The molecule has 1 amide bonds. The maximum atomic E-state index is 12.5. The first-order valence-corrected chi connectivity index (χ1v) is 11.7. The summed E-state index contributed by atoms with van der Waals surface area (Å²) >= 11 is 0. The van der Waals surface area contributed by atoms with Gasteiger partial charge in [0.25, 0.3) is 5.91 Å². The Morgan fingerprint density at radius 2 is 1.63 bits per heavy atom. The molecule has 3 aromatic rings. The number of aromatic nitrogens is 1. The van der Waals surface area contributed by atoms with Gasteiger partial charge in [0.2, 0.25) is 5.89 Å². The van der Waals surface area contributed by atoms with Gasteiger partial charge in [-0.3, -0.25) is 14.6 Å². The maximum Gasteiger partial charge on any atom is 0.273 e. The predicted octanol–water partition coefficient (Wildman–Crippen LogP) is 2.69. The van der Waals surface area contributed by atoms with Gasteiger partial charge in [-0.15, -0.1) is 0 Å². The fraction of sp³-hybridized carbons (Fsp3) is 0.385. The lowest BCUT2D eigenvalue weighted by Gasteiger charge is -2.34. The highest BCUT2D eigenvalue weighted by atomic mass is 16.5. The first-order chi connectivity index (χ1) is 17.1. The fourth-order valence-electron chi connectivity index (χ4n) is 4.20. The van der Waals surface area contributed by atoms with E-state index in [-0.39, 0.29) is 17.4 Å². The minimum atomic E-state index is -0.252. The standard InChI is InChI=1S/C26H32N4O5/c1-33-22-8-4-3-6-19(22)10-11-27-26(32)21-18-35-24(28-21)17-30-14-12-29(13-15-30)16-20-7-5-9-23(34-2)25(20)31/h3-9,18,31H,10-17H2,1-2H3,(H,27,32). The Balaban J connectivity index is 1.22. The largest absolute Gasteiger partial charge is 0.504 e. The van der Waals surface area contributed by atoms with Gasteiger partial charge < -0.3 is 24.3 Å². The van der Waals surface area contributed by atoms with E-state index < -0.39 is 0 Å². The summed E-state index contributed by atoms with van der Waals surface area (Å²) in [5.74, 6) is 1.78. The van der Waals surface area contributed by atoms with Gasteiger partial charge in [0.15, 0.2) is 17.2 Å². The van der Waals surface area contributed by atoms with E-state index in [0.29, 0.717) is 37.7 Å². The Morgan fingerprint density at radius 3 is 2.37 bits per heavy atom. The molecule has 0 aliphatic carbocycles. The van der Waals surface area contributed by atoms with Crippen molar-refractivity contribution in [2.45, 2.75) is 19.5 Å². The number of methoxy groups -OCH3 is 2. The van der Waals surface area contributed by atoms with Crippen molar-refractivity contribution in [2.75, 3.05) is 46.9 Å². The average Bonchev–Trinajstić information content (AvgIpc) is 3.35. The number of rotatable bonds is 10. The van der Waals surface area contributed by atoms with Crippen LogP contribution in [-0.2, 0) is 19.5 Å². The van der Waals surface area contributed by atoms with Crippen LogP contribution in [0.15, 0.2) is 53.1 Å². The molecule has 2 aromatic carbocycles. The average molecular weight is 481 g/mol. The summed E-state index contributed by atoms with van der Waals surface area (Å²) in [6.45, 7) is 5.08. The molecule has 186 valence electrons. The zero-order chi connectivity index (χ0) is 24.6. The molecule has 0 radical (unpaired) electrons. The lowest BCUT2D eigenvalue weighted by molar-refractivity contribution is 0.0948. The molecule has 9 heteroatoms. The number of hydrogen-bond acceptors (Lipinski definition) is 8. The predicted molar refractivity (Wildman–Crippen MR) is 131 cm³/mol.